The van der Waals surface area contributed by atoms with E-state index in [1.54, 1.807) is 7.05 Å². The highest BCUT2D eigenvalue weighted by Crippen LogP contribution is 2.04. The lowest BCUT2D eigenvalue weighted by atomic mass is 10.4. The van der Waals surface area contributed by atoms with Crippen molar-refractivity contribution in [3.63, 3.8) is 0 Å². The fraction of sp³-hybridized carbons (Fsp3) is 0.429. The normalized spacial score (nSPS) is 9.75. The summed E-state index contributed by atoms with van der Waals surface area (Å²) in [6.45, 7) is 0.486. The number of aryl methyl sites for hydroxylation is 1. The van der Waals surface area contributed by atoms with Gasteiger partial charge in [0.15, 0.2) is 5.75 Å². The number of carbonyl (C=O) groups is 1. The predicted octanol–water partition coefficient (Wildman–Crippen LogP) is -0.275. The van der Waals surface area contributed by atoms with Crippen LogP contribution in [0, 0.1) is 0 Å². The van der Waals surface area contributed by atoms with E-state index in [0.29, 0.717) is 13.0 Å². The van der Waals surface area contributed by atoms with Gasteiger partial charge in [0.05, 0.1) is 12.4 Å². The van der Waals surface area contributed by atoms with Crippen LogP contribution in [-0.4, -0.2) is 27.8 Å². The van der Waals surface area contributed by atoms with Gasteiger partial charge in [-0.05, 0) is 0 Å². The Balaban J connectivity index is 2.38. The van der Waals surface area contributed by atoms with Crippen LogP contribution >= 0.6 is 0 Å². The van der Waals surface area contributed by atoms with E-state index in [0.717, 1.165) is 0 Å². The molecule has 12 heavy (non-hydrogen) atoms. The number of hydrogen-bond donors (Lipinski definition) is 2. The average Bonchev–Trinajstić information content (AvgIpc) is 2.47. The molecule has 66 valence electrons. The minimum Gasteiger partial charge on any atom is -0.505 e. The van der Waals surface area contributed by atoms with Crippen LogP contribution in [0.4, 0.5) is 0 Å². The van der Waals surface area contributed by atoms with Crippen molar-refractivity contribution in [1.82, 2.24) is 15.1 Å². The van der Waals surface area contributed by atoms with Gasteiger partial charge in [-0.2, -0.15) is 5.10 Å². The number of amides is 1. The van der Waals surface area contributed by atoms with E-state index in [-0.39, 0.29) is 11.7 Å². The van der Waals surface area contributed by atoms with Crippen LogP contribution in [0.1, 0.15) is 6.42 Å². The molecule has 1 aromatic rings. The van der Waals surface area contributed by atoms with Crippen LogP contribution in [0.5, 0.6) is 5.75 Å². The third-order valence-electron chi connectivity index (χ3n) is 1.47. The SMILES string of the molecule is CNC(=O)CCn1cc(O)cn1. The summed E-state index contributed by atoms with van der Waals surface area (Å²) >= 11 is 0. The summed E-state index contributed by atoms with van der Waals surface area (Å²) in [4.78, 5) is 10.8. The number of rotatable bonds is 3. The van der Waals surface area contributed by atoms with Crippen LogP contribution in [-0.2, 0) is 11.3 Å². The maximum absolute atomic E-state index is 10.8. The Morgan fingerprint density at radius 2 is 2.58 bits per heavy atom. The summed E-state index contributed by atoms with van der Waals surface area (Å²) < 4.78 is 1.52. The molecular weight excluding hydrogens is 158 g/mol. The van der Waals surface area contributed by atoms with Gasteiger partial charge in [0, 0.05) is 20.0 Å². The average molecular weight is 169 g/mol. The van der Waals surface area contributed by atoms with Gasteiger partial charge >= 0.3 is 0 Å². The number of nitrogens with zero attached hydrogens (tertiary/aromatic N) is 2. The molecule has 1 amide bonds. The molecule has 5 nitrogen and oxygen atoms in total. The molecule has 1 aromatic heterocycles. The van der Waals surface area contributed by atoms with Gasteiger partial charge in [-0.1, -0.05) is 0 Å². The predicted molar refractivity (Wildman–Crippen MR) is 42.6 cm³/mol. The Bertz CT molecular complexity index is 269. The third-order valence-corrected chi connectivity index (χ3v) is 1.47. The minimum atomic E-state index is -0.0370. The van der Waals surface area contributed by atoms with E-state index < -0.39 is 0 Å². The molecule has 0 aliphatic rings. The first-order chi connectivity index (χ1) is 5.72. The number of nitrogens with one attached hydrogen (secondary N) is 1. The zero-order chi connectivity index (χ0) is 8.97. The van der Waals surface area contributed by atoms with Crippen molar-refractivity contribution >= 4 is 5.91 Å². The first-order valence-corrected chi connectivity index (χ1v) is 3.64. The number of aromatic nitrogens is 2. The summed E-state index contributed by atoms with van der Waals surface area (Å²) in [5, 5.41) is 15.2. The fourth-order valence-corrected chi connectivity index (χ4v) is 0.816. The van der Waals surface area contributed by atoms with Gasteiger partial charge in [0.25, 0.3) is 0 Å². The third kappa shape index (κ3) is 2.26. The lowest BCUT2D eigenvalue weighted by Gasteiger charge is -1.99. The second-order valence-corrected chi connectivity index (χ2v) is 2.38. The van der Waals surface area contributed by atoms with Crippen molar-refractivity contribution in [3.8, 4) is 5.75 Å². The Morgan fingerprint density at radius 1 is 1.83 bits per heavy atom. The summed E-state index contributed by atoms with van der Waals surface area (Å²) in [7, 11) is 1.59. The van der Waals surface area contributed by atoms with Gasteiger partial charge in [-0.15, -0.1) is 0 Å². The van der Waals surface area contributed by atoms with E-state index in [9.17, 15) is 4.79 Å². The lowest BCUT2D eigenvalue weighted by molar-refractivity contribution is -0.120. The van der Waals surface area contributed by atoms with Gasteiger partial charge < -0.3 is 10.4 Å². The van der Waals surface area contributed by atoms with Crippen LogP contribution in [0.2, 0.25) is 0 Å². The highest BCUT2D eigenvalue weighted by molar-refractivity contribution is 5.75. The van der Waals surface area contributed by atoms with Crippen LogP contribution < -0.4 is 5.32 Å². The quantitative estimate of drug-likeness (QED) is 0.654. The van der Waals surface area contributed by atoms with Gasteiger partial charge in [0.2, 0.25) is 5.91 Å². The van der Waals surface area contributed by atoms with Gasteiger partial charge in [-0.3, -0.25) is 9.48 Å². The monoisotopic (exact) mass is 169 g/mol. The molecule has 0 unspecified atom stereocenters. The molecule has 0 atom stereocenters. The fourth-order valence-electron chi connectivity index (χ4n) is 0.816. The first-order valence-electron chi connectivity index (χ1n) is 3.64. The summed E-state index contributed by atoms with van der Waals surface area (Å²) in [6.07, 6.45) is 3.18. The van der Waals surface area contributed by atoms with E-state index in [1.807, 2.05) is 0 Å². The molecule has 5 heteroatoms. The van der Waals surface area contributed by atoms with Gasteiger partial charge in [-0.25, -0.2) is 0 Å². The van der Waals surface area contributed by atoms with Crippen LogP contribution in [0.15, 0.2) is 12.4 Å². The smallest absolute Gasteiger partial charge is 0.221 e. The van der Waals surface area contributed by atoms with Crippen molar-refractivity contribution in [1.29, 1.82) is 0 Å². The van der Waals surface area contributed by atoms with Crippen molar-refractivity contribution in [2.24, 2.45) is 0 Å². The molecule has 0 saturated carbocycles. The van der Waals surface area contributed by atoms with Crippen molar-refractivity contribution in [2.75, 3.05) is 7.05 Å². The van der Waals surface area contributed by atoms with Crippen molar-refractivity contribution < 1.29 is 9.90 Å². The van der Waals surface area contributed by atoms with E-state index in [1.165, 1.54) is 17.1 Å². The molecule has 0 fully saturated rings. The largest absolute Gasteiger partial charge is 0.505 e. The van der Waals surface area contributed by atoms with Crippen molar-refractivity contribution in [2.45, 2.75) is 13.0 Å². The first kappa shape index (κ1) is 8.58. The number of aromatic hydroxyl groups is 1. The highest BCUT2D eigenvalue weighted by atomic mass is 16.3. The Morgan fingerprint density at radius 3 is 3.08 bits per heavy atom. The maximum Gasteiger partial charge on any atom is 0.221 e. The lowest BCUT2D eigenvalue weighted by Crippen LogP contribution is -2.19. The minimum absolute atomic E-state index is 0.0370. The summed E-state index contributed by atoms with van der Waals surface area (Å²) in [6, 6.07) is 0. The zero-order valence-electron chi connectivity index (χ0n) is 6.82. The topological polar surface area (TPSA) is 67.2 Å². The number of hydrogen-bond acceptors (Lipinski definition) is 3. The zero-order valence-corrected chi connectivity index (χ0v) is 6.82. The van der Waals surface area contributed by atoms with E-state index >= 15 is 0 Å². The highest BCUT2D eigenvalue weighted by Gasteiger charge is 1.99. The Labute approximate surface area is 70.0 Å². The molecule has 2 N–H and O–H groups in total. The second-order valence-electron chi connectivity index (χ2n) is 2.38. The standard InChI is InChI=1S/C7H11N3O2/c1-8-7(12)2-3-10-5-6(11)4-9-10/h4-5,11H,2-3H2,1H3,(H,8,12). The molecule has 0 saturated heterocycles. The second kappa shape index (κ2) is 3.75. The molecule has 1 rings (SSSR count). The maximum atomic E-state index is 10.8. The Kier molecular flexibility index (Phi) is 2.68. The van der Waals surface area contributed by atoms with Crippen LogP contribution in [0.3, 0.4) is 0 Å². The molecule has 0 radical (unpaired) electrons. The summed E-state index contributed by atoms with van der Waals surface area (Å²) in [5.41, 5.74) is 0. The number of carbonyl (C=O) groups excluding carboxylic acids is 1. The van der Waals surface area contributed by atoms with E-state index in [4.69, 9.17) is 5.11 Å². The molecule has 0 bridgehead atoms. The molecule has 0 aromatic carbocycles. The Hall–Kier alpha value is -1.52. The molecule has 0 aliphatic heterocycles. The molecule has 1 heterocycles. The van der Waals surface area contributed by atoms with Gasteiger partial charge in [0.1, 0.15) is 0 Å². The van der Waals surface area contributed by atoms with Crippen molar-refractivity contribution in [3.05, 3.63) is 12.4 Å². The molecular formula is C7H11N3O2. The molecule has 0 aliphatic carbocycles. The summed E-state index contributed by atoms with van der Waals surface area (Å²) in [5.74, 6) is 0.0805. The van der Waals surface area contributed by atoms with E-state index in [2.05, 4.69) is 10.4 Å². The molecule has 0 spiro atoms. The van der Waals surface area contributed by atoms with Crippen LogP contribution in [0.25, 0.3) is 0 Å².